The van der Waals surface area contributed by atoms with Crippen molar-refractivity contribution in [2.24, 2.45) is 0 Å². The van der Waals surface area contributed by atoms with E-state index in [2.05, 4.69) is 53.3 Å². The summed E-state index contributed by atoms with van der Waals surface area (Å²) in [5.74, 6) is 0. The largest absolute Gasteiger partial charge is 0.416 e. The van der Waals surface area contributed by atoms with E-state index in [1.807, 2.05) is 0 Å². The molecule has 0 aromatic heterocycles. The first-order valence-corrected chi connectivity index (χ1v) is 20.1. The molecule has 0 aliphatic heterocycles. The standard InChI is InChI=1S/C26H58O2SSi2/c1-7-13-17-21-30(27-11-5,22-18-14-8-2)25-29-26-31(28-12-6,23-19-15-9-3)24-20-16-10-4/h7-26H2,1-6H3. The Hall–Kier alpha value is 0.704. The van der Waals surface area contributed by atoms with Crippen molar-refractivity contribution in [1.29, 1.82) is 0 Å². The van der Waals surface area contributed by atoms with Gasteiger partial charge in [0.25, 0.3) is 0 Å². The Morgan fingerprint density at radius 3 is 0.968 bits per heavy atom. The summed E-state index contributed by atoms with van der Waals surface area (Å²) in [5.41, 5.74) is 0. The number of thioether (sulfide) groups is 1. The van der Waals surface area contributed by atoms with E-state index in [0.29, 0.717) is 0 Å². The molecule has 0 aromatic rings. The highest BCUT2D eigenvalue weighted by atomic mass is 32.2. The van der Waals surface area contributed by atoms with E-state index in [0.717, 1.165) is 13.2 Å². The zero-order valence-electron chi connectivity index (χ0n) is 22.4. The zero-order chi connectivity index (χ0) is 23.3. The average molecular weight is 491 g/mol. The van der Waals surface area contributed by atoms with Crippen LogP contribution >= 0.6 is 11.8 Å². The van der Waals surface area contributed by atoms with E-state index in [1.165, 1.54) is 112 Å². The minimum absolute atomic E-state index is 0.909. The number of hydrogen-bond donors (Lipinski definition) is 0. The molecule has 0 heterocycles. The van der Waals surface area contributed by atoms with Gasteiger partial charge in [0.15, 0.2) is 0 Å². The molecule has 0 bridgehead atoms. The van der Waals surface area contributed by atoms with Crippen molar-refractivity contribution in [3.8, 4) is 0 Å². The van der Waals surface area contributed by atoms with Gasteiger partial charge < -0.3 is 8.85 Å². The quantitative estimate of drug-likeness (QED) is 0.0990. The van der Waals surface area contributed by atoms with Crippen LogP contribution in [0.4, 0.5) is 0 Å². The Kier molecular flexibility index (Phi) is 21.7. The third kappa shape index (κ3) is 15.3. The van der Waals surface area contributed by atoms with E-state index in [9.17, 15) is 0 Å². The first-order chi connectivity index (χ1) is 15.1. The van der Waals surface area contributed by atoms with E-state index >= 15 is 0 Å². The Morgan fingerprint density at radius 2 is 0.742 bits per heavy atom. The fourth-order valence-electron chi connectivity index (χ4n) is 4.73. The second-order valence-corrected chi connectivity index (χ2v) is 19.6. The summed E-state index contributed by atoms with van der Waals surface area (Å²) in [4.78, 5) is 0. The summed E-state index contributed by atoms with van der Waals surface area (Å²) in [6.07, 6.45) is 16.2. The Balaban J connectivity index is 5.21. The van der Waals surface area contributed by atoms with Gasteiger partial charge in [-0.15, -0.1) is 0 Å². The Labute approximate surface area is 203 Å². The molecule has 188 valence electrons. The van der Waals surface area contributed by atoms with Crippen molar-refractivity contribution < 1.29 is 8.85 Å². The lowest BCUT2D eigenvalue weighted by atomic mass is 10.3. The van der Waals surface area contributed by atoms with Gasteiger partial charge >= 0.3 is 0 Å². The second kappa shape index (κ2) is 21.3. The predicted octanol–water partition coefficient (Wildman–Crippen LogP) is 9.52. The SMILES string of the molecule is CCCCC[Si](CCCCC)(CSC[Si](CCCCC)(CCCCC)OCC)OCC. The lowest BCUT2D eigenvalue weighted by Gasteiger charge is -2.35. The van der Waals surface area contributed by atoms with Crippen molar-refractivity contribution in [1.82, 2.24) is 0 Å². The van der Waals surface area contributed by atoms with Crippen LogP contribution in [0.2, 0.25) is 24.2 Å². The maximum Gasteiger partial charge on any atom is 0.202 e. The van der Waals surface area contributed by atoms with Gasteiger partial charge in [-0.05, 0) is 38.0 Å². The monoisotopic (exact) mass is 490 g/mol. The van der Waals surface area contributed by atoms with Crippen molar-refractivity contribution in [3.05, 3.63) is 0 Å². The van der Waals surface area contributed by atoms with Crippen LogP contribution in [0.15, 0.2) is 0 Å². The van der Waals surface area contributed by atoms with Gasteiger partial charge in [0.2, 0.25) is 16.6 Å². The summed E-state index contributed by atoms with van der Waals surface area (Å²) < 4.78 is 13.4. The molecular weight excluding hydrogens is 433 g/mol. The fourth-order valence-corrected chi connectivity index (χ4v) is 17.9. The van der Waals surface area contributed by atoms with E-state index in [-0.39, 0.29) is 0 Å². The average Bonchev–Trinajstić information content (AvgIpc) is 2.75. The topological polar surface area (TPSA) is 18.5 Å². The maximum atomic E-state index is 6.69. The molecule has 2 nitrogen and oxygen atoms in total. The molecule has 0 aromatic carbocycles. The molecule has 0 atom stereocenters. The normalized spacial score (nSPS) is 12.6. The maximum absolute atomic E-state index is 6.69. The molecule has 0 rings (SSSR count). The van der Waals surface area contributed by atoms with Crippen molar-refractivity contribution in [3.63, 3.8) is 0 Å². The number of hydrogen-bond acceptors (Lipinski definition) is 3. The molecule has 0 saturated heterocycles. The Morgan fingerprint density at radius 1 is 0.452 bits per heavy atom. The molecule has 0 amide bonds. The molecule has 31 heavy (non-hydrogen) atoms. The summed E-state index contributed by atoms with van der Waals surface area (Å²) in [5, 5.41) is 2.61. The summed E-state index contributed by atoms with van der Waals surface area (Å²) in [6.45, 7) is 15.6. The molecule has 0 N–H and O–H groups in total. The highest BCUT2D eigenvalue weighted by Gasteiger charge is 2.38. The molecule has 0 fully saturated rings. The third-order valence-electron chi connectivity index (χ3n) is 6.58. The Bertz CT molecular complexity index is 328. The molecule has 5 heteroatoms. The van der Waals surface area contributed by atoms with Crippen molar-refractivity contribution in [2.45, 2.75) is 143 Å². The summed E-state index contributed by atoms with van der Waals surface area (Å²) in [6, 6.07) is 5.50. The van der Waals surface area contributed by atoms with Crippen LogP contribution in [0.3, 0.4) is 0 Å². The van der Waals surface area contributed by atoms with E-state index < -0.39 is 16.6 Å². The number of rotatable bonds is 24. The van der Waals surface area contributed by atoms with Crippen LogP contribution in [0, 0.1) is 0 Å². The summed E-state index contributed by atoms with van der Waals surface area (Å²) in [7, 11) is -3.28. The molecular formula is C26H58O2SSi2. The predicted molar refractivity (Wildman–Crippen MR) is 149 cm³/mol. The van der Waals surface area contributed by atoms with Gasteiger partial charge in [-0.2, -0.15) is 11.8 Å². The van der Waals surface area contributed by atoms with Crippen molar-refractivity contribution >= 4 is 28.4 Å². The van der Waals surface area contributed by atoms with Gasteiger partial charge in [0, 0.05) is 24.0 Å². The fraction of sp³-hybridized carbons (Fsp3) is 1.00. The first kappa shape index (κ1) is 31.7. The molecule has 0 spiro atoms. The molecule has 0 aliphatic carbocycles. The molecule has 0 radical (unpaired) electrons. The highest BCUT2D eigenvalue weighted by molar-refractivity contribution is 8.02. The highest BCUT2D eigenvalue weighted by Crippen LogP contribution is 2.33. The van der Waals surface area contributed by atoms with Crippen molar-refractivity contribution in [2.75, 3.05) is 24.0 Å². The van der Waals surface area contributed by atoms with E-state index in [1.54, 1.807) is 0 Å². The lowest BCUT2D eigenvalue weighted by molar-refractivity contribution is 0.319. The molecule has 0 aliphatic rings. The second-order valence-electron chi connectivity index (χ2n) is 9.55. The van der Waals surface area contributed by atoms with E-state index in [4.69, 9.17) is 8.85 Å². The van der Waals surface area contributed by atoms with Gasteiger partial charge in [-0.3, -0.25) is 0 Å². The smallest absolute Gasteiger partial charge is 0.202 e. The third-order valence-corrected chi connectivity index (χ3v) is 19.3. The van der Waals surface area contributed by atoms with Crippen LogP contribution in [-0.2, 0) is 8.85 Å². The van der Waals surface area contributed by atoms with Crippen LogP contribution < -0.4 is 0 Å². The minimum atomic E-state index is -1.64. The van der Waals surface area contributed by atoms with Gasteiger partial charge in [0.05, 0.1) is 0 Å². The first-order valence-electron chi connectivity index (χ1n) is 13.9. The lowest BCUT2D eigenvalue weighted by Crippen LogP contribution is -2.45. The molecule has 0 unspecified atom stereocenters. The van der Waals surface area contributed by atoms with Crippen LogP contribution in [0.5, 0.6) is 0 Å². The van der Waals surface area contributed by atoms with Gasteiger partial charge in [-0.1, -0.05) is 105 Å². The van der Waals surface area contributed by atoms with Crippen LogP contribution in [0.25, 0.3) is 0 Å². The van der Waals surface area contributed by atoms with Crippen LogP contribution in [0.1, 0.15) is 119 Å². The van der Waals surface area contributed by atoms with Crippen LogP contribution in [-0.4, -0.2) is 40.6 Å². The molecule has 0 saturated carbocycles. The van der Waals surface area contributed by atoms with Gasteiger partial charge in [-0.25, -0.2) is 0 Å². The minimum Gasteiger partial charge on any atom is -0.416 e. The zero-order valence-corrected chi connectivity index (χ0v) is 25.2. The van der Waals surface area contributed by atoms with Gasteiger partial charge in [0.1, 0.15) is 0 Å². The summed E-state index contributed by atoms with van der Waals surface area (Å²) >= 11 is 2.25. The number of unbranched alkanes of at least 4 members (excludes halogenated alkanes) is 8.